The number of benzene rings is 1. The number of nitrogens with zero attached hydrogens (tertiary/aromatic N) is 1. The number of aliphatic carboxylic acids is 1. The average Bonchev–Trinajstić information content (AvgIpc) is 2.32. The number of amides is 1. The van der Waals surface area contributed by atoms with Gasteiger partial charge in [-0.2, -0.15) is 0 Å². The Morgan fingerprint density at radius 2 is 2.10 bits per heavy atom. The molecule has 0 aromatic heterocycles. The number of carbonyl (C=O) groups is 2. The van der Waals surface area contributed by atoms with Crippen LogP contribution in [0.5, 0.6) is 0 Å². The molecule has 0 fully saturated rings. The lowest BCUT2D eigenvalue weighted by Crippen LogP contribution is -2.37. The zero-order chi connectivity index (χ0) is 15.1. The highest BCUT2D eigenvalue weighted by atomic mass is 35.5. The van der Waals surface area contributed by atoms with Crippen molar-refractivity contribution < 1.29 is 19.1 Å². The van der Waals surface area contributed by atoms with Gasteiger partial charge in [-0.15, -0.1) is 0 Å². The van der Waals surface area contributed by atoms with Crippen LogP contribution in [0.1, 0.15) is 13.3 Å². The maximum Gasteiger partial charge on any atom is 0.317 e. The number of carboxylic acids is 1. The molecule has 1 amide bonds. The van der Waals surface area contributed by atoms with Gasteiger partial charge in [-0.05, 0) is 31.2 Å². The molecule has 0 heterocycles. The van der Waals surface area contributed by atoms with Crippen molar-refractivity contribution in [3.63, 3.8) is 0 Å². The van der Waals surface area contributed by atoms with Crippen LogP contribution in [0.15, 0.2) is 18.2 Å². The van der Waals surface area contributed by atoms with Crippen molar-refractivity contribution in [2.45, 2.75) is 13.3 Å². The minimum absolute atomic E-state index is 0.0196. The maximum absolute atomic E-state index is 13.5. The van der Waals surface area contributed by atoms with Crippen molar-refractivity contribution in [3.05, 3.63) is 29.0 Å². The minimum atomic E-state index is -1.01. The smallest absolute Gasteiger partial charge is 0.317 e. The normalized spacial score (nSPS) is 10.6. The lowest BCUT2D eigenvalue weighted by molar-refractivity contribution is -0.138. The van der Waals surface area contributed by atoms with E-state index in [2.05, 4.69) is 5.32 Å². The van der Waals surface area contributed by atoms with Crippen LogP contribution < -0.4 is 5.32 Å². The minimum Gasteiger partial charge on any atom is -0.480 e. The van der Waals surface area contributed by atoms with Crippen LogP contribution in [-0.4, -0.2) is 41.5 Å². The molecule has 1 rings (SSSR count). The molecular formula is C13H16ClFN2O3. The van der Waals surface area contributed by atoms with E-state index >= 15 is 0 Å². The molecule has 7 heteroatoms. The van der Waals surface area contributed by atoms with E-state index in [0.717, 1.165) is 12.5 Å². The van der Waals surface area contributed by atoms with Gasteiger partial charge in [0, 0.05) is 5.02 Å². The average molecular weight is 303 g/mol. The number of nitrogens with one attached hydrogen (secondary N) is 1. The summed E-state index contributed by atoms with van der Waals surface area (Å²) in [5.41, 5.74) is 0.0196. The lowest BCUT2D eigenvalue weighted by Gasteiger charge is -2.18. The van der Waals surface area contributed by atoms with Gasteiger partial charge in [0.1, 0.15) is 5.82 Å². The van der Waals surface area contributed by atoms with E-state index in [4.69, 9.17) is 16.7 Å². The molecular weight excluding hydrogens is 287 g/mol. The van der Waals surface area contributed by atoms with E-state index in [0.29, 0.717) is 6.54 Å². The number of carboxylic acid groups (broad SMARTS) is 1. The Kier molecular flexibility index (Phi) is 6.41. The molecule has 0 aliphatic carbocycles. The summed E-state index contributed by atoms with van der Waals surface area (Å²) < 4.78 is 13.5. The Morgan fingerprint density at radius 1 is 1.40 bits per heavy atom. The van der Waals surface area contributed by atoms with Gasteiger partial charge in [0.05, 0.1) is 18.8 Å². The first-order valence-corrected chi connectivity index (χ1v) is 6.49. The predicted octanol–water partition coefficient (Wildman–Crippen LogP) is 2.21. The van der Waals surface area contributed by atoms with Crippen molar-refractivity contribution in [1.82, 2.24) is 4.90 Å². The van der Waals surface area contributed by atoms with Gasteiger partial charge in [0.2, 0.25) is 5.91 Å². The van der Waals surface area contributed by atoms with Gasteiger partial charge in [-0.25, -0.2) is 4.39 Å². The second-order valence-corrected chi connectivity index (χ2v) is 4.71. The van der Waals surface area contributed by atoms with Crippen LogP contribution in [0.25, 0.3) is 0 Å². The molecule has 1 aromatic rings. The quantitative estimate of drug-likeness (QED) is 0.810. The van der Waals surface area contributed by atoms with Gasteiger partial charge in [0.25, 0.3) is 0 Å². The summed E-state index contributed by atoms with van der Waals surface area (Å²) in [6.07, 6.45) is 0.718. The third kappa shape index (κ3) is 5.54. The monoisotopic (exact) mass is 302 g/mol. The largest absolute Gasteiger partial charge is 0.480 e. The molecule has 0 aliphatic rings. The third-order valence-corrected chi connectivity index (χ3v) is 2.71. The zero-order valence-electron chi connectivity index (χ0n) is 11.0. The Bertz CT molecular complexity index is 497. The molecule has 110 valence electrons. The fraction of sp³-hybridized carbons (Fsp3) is 0.385. The van der Waals surface area contributed by atoms with Crippen LogP contribution in [0.2, 0.25) is 5.02 Å². The first kappa shape index (κ1) is 16.4. The molecule has 20 heavy (non-hydrogen) atoms. The summed E-state index contributed by atoms with van der Waals surface area (Å²) >= 11 is 5.61. The molecule has 5 nitrogen and oxygen atoms in total. The molecule has 2 N–H and O–H groups in total. The Hall–Kier alpha value is -1.66. The first-order chi connectivity index (χ1) is 9.42. The molecule has 0 radical (unpaired) electrons. The van der Waals surface area contributed by atoms with E-state index in [1.165, 1.54) is 17.0 Å². The van der Waals surface area contributed by atoms with Gasteiger partial charge in [0.15, 0.2) is 0 Å². The number of carbonyl (C=O) groups excluding carboxylic acids is 1. The van der Waals surface area contributed by atoms with E-state index in [1.807, 2.05) is 6.92 Å². The van der Waals surface area contributed by atoms with Crippen molar-refractivity contribution in [1.29, 1.82) is 0 Å². The van der Waals surface area contributed by atoms with Gasteiger partial charge in [-0.1, -0.05) is 18.5 Å². The fourth-order valence-electron chi connectivity index (χ4n) is 1.71. The summed E-state index contributed by atoms with van der Waals surface area (Å²) in [6.45, 7) is 2.01. The van der Waals surface area contributed by atoms with Gasteiger partial charge < -0.3 is 10.4 Å². The summed E-state index contributed by atoms with van der Waals surface area (Å²) in [4.78, 5) is 23.9. The second-order valence-electron chi connectivity index (χ2n) is 4.28. The van der Waals surface area contributed by atoms with E-state index in [-0.39, 0.29) is 23.8 Å². The third-order valence-electron chi connectivity index (χ3n) is 2.47. The van der Waals surface area contributed by atoms with E-state index < -0.39 is 17.7 Å². The van der Waals surface area contributed by atoms with Gasteiger partial charge >= 0.3 is 5.97 Å². The van der Waals surface area contributed by atoms with Crippen molar-refractivity contribution in [2.24, 2.45) is 0 Å². The highest BCUT2D eigenvalue weighted by Gasteiger charge is 2.14. The van der Waals surface area contributed by atoms with Crippen molar-refractivity contribution in [3.8, 4) is 0 Å². The molecule has 1 aromatic carbocycles. The zero-order valence-corrected chi connectivity index (χ0v) is 11.8. The Labute approximate surface area is 121 Å². The number of hydrogen-bond acceptors (Lipinski definition) is 3. The molecule has 0 unspecified atom stereocenters. The van der Waals surface area contributed by atoms with Crippen LogP contribution in [-0.2, 0) is 9.59 Å². The number of hydrogen-bond donors (Lipinski definition) is 2. The molecule has 0 spiro atoms. The highest BCUT2D eigenvalue weighted by molar-refractivity contribution is 6.30. The van der Waals surface area contributed by atoms with Crippen molar-refractivity contribution >= 4 is 29.2 Å². The SMILES string of the molecule is CCCN(CC(=O)O)CC(=O)Nc1ccc(Cl)cc1F. The summed E-state index contributed by atoms with van der Waals surface area (Å²) in [5.74, 6) is -2.11. The van der Waals surface area contributed by atoms with E-state index in [9.17, 15) is 14.0 Å². The van der Waals surface area contributed by atoms with Crippen molar-refractivity contribution in [2.75, 3.05) is 25.0 Å². The van der Waals surface area contributed by atoms with E-state index in [1.54, 1.807) is 0 Å². The fourth-order valence-corrected chi connectivity index (χ4v) is 1.86. The lowest BCUT2D eigenvalue weighted by atomic mass is 10.3. The molecule has 0 saturated carbocycles. The predicted molar refractivity (Wildman–Crippen MR) is 74.4 cm³/mol. The van der Waals surface area contributed by atoms with Crippen LogP contribution in [0.3, 0.4) is 0 Å². The number of anilines is 1. The Morgan fingerprint density at radius 3 is 2.65 bits per heavy atom. The van der Waals surface area contributed by atoms with Gasteiger partial charge in [-0.3, -0.25) is 14.5 Å². The standard InChI is InChI=1S/C13H16ClFN2O3/c1-2-5-17(8-13(19)20)7-12(18)16-11-4-3-9(14)6-10(11)15/h3-4,6H,2,5,7-8H2,1H3,(H,16,18)(H,19,20). The highest BCUT2D eigenvalue weighted by Crippen LogP contribution is 2.18. The van der Waals surface area contributed by atoms with Crippen LogP contribution in [0, 0.1) is 5.82 Å². The molecule has 0 bridgehead atoms. The summed E-state index contributed by atoms with van der Waals surface area (Å²) in [7, 11) is 0. The number of rotatable bonds is 7. The molecule has 0 atom stereocenters. The first-order valence-electron chi connectivity index (χ1n) is 6.11. The maximum atomic E-state index is 13.5. The van der Waals surface area contributed by atoms with Crippen LogP contribution in [0.4, 0.5) is 10.1 Å². The topological polar surface area (TPSA) is 69.6 Å². The molecule has 0 saturated heterocycles. The molecule has 0 aliphatic heterocycles. The number of halogens is 2. The summed E-state index contributed by atoms with van der Waals surface area (Å²) in [5, 5.41) is 11.4. The Balaban J connectivity index is 2.62. The second kappa shape index (κ2) is 7.81. The van der Waals surface area contributed by atoms with Crippen LogP contribution >= 0.6 is 11.6 Å². The summed E-state index contributed by atoms with van der Waals surface area (Å²) in [6, 6.07) is 3.91.